The average molecular weight is 218 g/mol. The highest BCUT2D eigenvalue weighted by atomic mass is 32.1. The van der Waals surface area contributed by atoms with E-state index in [0.717, 1.165) is 0 Å². The van der Waals surface area contributed by atoms with E-state index in [1.165, 1.54) is 17.6 Å². The van der Waals surface area contributed by atoms with Gasteiger partial charge < -0.3 is 9.73 Å². The minimum absolute atomic E-state index is 0.229. The number of rotatable bonds is 2. The fourth-order valence-electron chi connectivity index (χ4n) is 1.07. The van der Waals surface area contributed by atoms with Crippen LogP contribution in [0, 0.1) is 11.3 Å². The first-order valence-corrected chi connectivity index (χ1v) is 5.01. The molecule has 2 rings (SSSR count). The van der Waals surface area contributed by atoms with Gasteiger partial charge in [0.2, 0.25) is 0 Å². The van der Waals surface area contributed by atoms with Gasteiger partial charge in [0, 0.05) is 0 Å². The van der Waals surface area contributed by atoms with Crippen LogP contribution in [0.15, 0.2) is 34.3 Å². The number of carbonyl (C=O) groups excluding carboxylic acids is 1. The molecule has 74 valence electrons. The van der Waals surface area contributed by atoms with E-state index in [-0.39, 0.29) is 11.7 Å². The van der Waals surface area contributed by atoms with Crippen molar-refractivity contribution in [3.05, 3.63) is 41.2 Å². The molecule has 0 aliphatic rings. The molecule has 0 unspecified atom stereocenters. The second-order valence-corrected chi connectivity index (χ2v) is 3.62. The molecule has 1 N–H and O–H groups in total. The number of thiophene rings is 1. The van der Waals surface area contributed by atoms with E-state index in [1.807, 2.05) is 6.07 Å². The van der Waals surface area contributed by atoms with Crippen molar-refractivity contribution >= 4 is 22.2 Å². The molecule has 0 fully saturated rings. The normalized spacial score (nSPS) is 9.53. The zero-order chi connectivity index (χ0) is 10.7. The highest BCUT2D eigenvalue weighted by Gasteiger charge is 2.11. The standard InChI is InChI=1S/C10H6N2O2S/c11-6-7-3-5-15-10(7)12-9(13)8-2-1-4-14-8/h1-5H,(H,12,13). The molecule has 2 heterocycles. The van der Waals surface area contributed by atoms with Crippen LogP contribution in [-0.4, -0.2) is 5.91 Å². The molecule has 0 bridgehead atoms. The maximum absolute atomic E-state index is 11.5. The molecule has 0 radical (unpaired) electrons. The largest absolute Gasteiger partial charge is 0.459 e. The molecule has 0 saturated heterocycles. The lowest BCUT2D eigenvalue weighted by molar-refractivity contribution is 0.0997. The van der Waals surface area contributed by atoms with Crippen molar-refractivity contribution in [2.45, 2.75) is 0 Å². The molecule has 2 aromatic rings. The summed E-state index contributed by atoms with van der Waals surface area (Å²) in [6.45, 7) is 0. The summed E-state index contributed by atoms with van der Waals surface area (Å²) < 4.78 is 4.93. The first kappa shape index (κ1) is 9.49. The van der Waals surface area contributed by atoms with Crippen molar-refractivity contribution in [2.24, 2.45) is 0 Å². The molecule has 1 amide bonds. The quantitative estimate of drug-likeness (QED) is 0.841. The number of anilines is 1. The lowest BCUT2D eigenvalue weighted by Gasteiger charge is -1.99. The van der Waals surface area contributed by atoms with Gasteiger partial charge in [-0.15, -0.1) is 11.3 Å². The Labute approximate surface area is 89.8 Å². The molecule has 0 atom stereocenters. The lowest BCUT2D eigenvalue weighted by atomic mass is 10.3. The summed E-state index contributed by atoms with van der Waals surface area (Å²) in [5, 5.41) is 13.6. The Kier molecular flexibility index (Phi) is 2.52. The van der Waals surface area contributed by atoms with E-state index in [2.05, 4.69) is 5.32 Å². The van der Waals surface area contributed by atoms with Gasteiger partial charge in [0.05, 0.1) is 11.8 Å². The van der Waals surface area contributed by atoms with Crippen molar-refractivity contribution in [3.63, 3.8) is 0 Å². The number of hydrogen-bond donors (Lipinski definition) is 1. The molecule has 0 saturated carbocycles. The van der Waals surface area contributed by atoms with E-state index in [0.29, 0.717) is 10.6 Å². The topological polar surface area (TPSA) is 66.0 Å². The minimum atomic E-state index is -0.348. The molecule has 5 heteroatoms. The minimum Gasteiger partial charge on any atom is -0.459 e. The van der Waals surface area contributed by atoms with Crippen LogP contribution in [0.4, 0.5) is 5.00 Å². The Morgan fingerprint density at radius 2 is 2.40 bits per heavy atom. The van der Waals surface area contributed by atoms with E-state index in [9.17, 15) is 4.79 Å². The van der Waals surface area contributed by atoms with Gasteiger partial charge in [-0.25, -0.2) is 0 Å². The molecular weight excluding hydrogens is 212 g/mol. The summed E-state index contributed by atoms with van der Waals surface area (Å²) in [4.78, 5) is 11.5. The zero-order valence-corrected chi connectivity index (χ0v) is 8.38. The highest BCUT2D eigenvalue weighted by molar-refractivity contribution is 7.14. The monoisotopic (exact) mass is 218 g/mol. The number of hydrogen-bond acceptors (Lipinski definition) is 4. The molecular formula is C10H6N2O2S. The lowest BCUT2D eigenvalue weighted by Crippen LogP contribution is -2.10. The van der Waals surface area contributed by atoms with Gasteiger partial charge in [0.1, 0.15) is 11.1 Å². The smallest absolute Gasteiger partial charge is 0.291 e. The molecule has 0 aliphatic heterocycles. The Bertz CT molecular complexity index is 508. The third-order valence-electron chi connectivity index (χ3n) is 1.76. The van der Waals surface area contributed by atoms with Crippen LogP contribution in [0.5, 0.6) is 0 Å². The first-order chi connectivity index (χ1) is 7.31. The highest BCUT2D eigenvalue weighted by Crippen LogP contribution is 2.22. The maximum Gasteiger partial charge on any atom is 0.291 e. The van der Waals surface area contributed by atoms with Crippen LogP contribution >= 0.6 is 11.3 Å². The predicted octanol–water partition coefficient (Wildman–Crippen LogP) is 2.47. The first-order valence-electron chi connectivity index (χ1n) is 4.13. The number of amides is 1. The summed E-state index contributed by atoms with van der Waals surface area (Å²) >= 11 is 1.30. The summed E-state index contributed by atoms with van der Waals surface area (Å²) in [7, 11) is 0. The van der Waals surface area contributed by atoms with Crippen molar-refractivity contribution in [1.29, 1.82) is 5.26 Å². The SMILES string of the molecule is N#Cc1ccsc1NC(=O)c1ccco1. The van der Waals surface area contributed by atoms with Crippen LogP contribution in [0.25, 0.3) is 0 Å². The second-order valence-electron chi connectivity index (χ2n) is 2.71. The second kappa shape index (κ2) is 3.98. The molecule has 2 aromatic heterocycles. The van der Waals surface area contributed by atoms with Gasteiger partial charge in [-0.3, -0.25) is 4.79 Å². The van der Waals surface area contributed by atoms with Gasteiger partial charge in [-0.05, 0) is 23.6 Å². The Morgan fingerprint density at radius 3 is 3.07 bits per heavy atom. The molecule has 0 aliphatic carbocycles. The Hall–Kier alpha value is -2.06. The molecule has 0 aromatic carbocycles. The fraction of sp³-hybridized carbons (Fsp3) is 0. The van der Waals surface area contributed by atoms with Crippen LogP contribution in [0.3, 0.4) is 0 Å². The van der Waals surface area contributed by atoms with Crippen LogP contribution in [0.2, 0.25) is 0 Å². The maximum atomic E-state index is 11.5. The summed E-state index contributed by atoms with van der Waals surface area (Å²) in [6, 6.07) is 6.84. The van der Waals surface area contributed by atoms with Gasteiger partial charge >= 0.3 is 0 Å². The van der Waals surface area contributed by atoms with E-state index >= 15 is 0 Å². The zero-order valence-electron chi connectivity index (χ0n) is 7.56. The number of nitrogens with zero attached hydrogens (tertiary/aromatic N) is 1. The van der Waals surface area contributed by atoms with Crippen LogP contribution in [0.1, 0.15) is 16.1 Å². The fourth-order valence-corrected chi connectivity index (χ4v) is 1.80. The summed E-state index contributed by atoms with van der Waals surface area (Å²) in [5.41, 5.74) is 0.458. The number of nitrogens with one attached hydrogen (secondary N) is 1. The van der Waals surface area contributed by atoms with Crippen molar-refractivity contribution < 1.29 is 9.21 Å². The number of furan rings is 1. The van der Waals surface area contributed by atoms with Gasteiger partial charge in [0.15, 0.2) is 5.76 Å². The molecule has 4 nitrogen and oxygen atoms in total. The summed E-state index contributed by atoms with van der Waals surface area (Å²) in [5.74, 6) is -0.119. The van der Waals surface area contributed by atoms with E-state index in [4.69, 9.17) is 9.68 Å². The van der Waals surface area contributed by atoms with Gasteiger partial charge in [0.25, 0.3) is 5.91 Å². The van der Waals surface area contributed by atoms with Crippen molar-refractivity contribution in [1.82, 2.24) is 0 Å². The van der Waals surface area contributed by atoms with Gasteiger partial charge in [-0.2, -0.15) is 5.26 Å². The van der Waals surface area contributed by atoms with Crippen molar-refractivity contribution in [2.75, 3.05) is 5.32 Å². The number of carbonyl (C=O) groups is 1. The number of nitriles is 1. The molecule has 15 heavy (non-hydrogen) atoms. The van der Waals surface area contributed by atoms with E-state index in [1.54, 1.807) is 23.6 Å². The van der Waals surface area contributed by atoms with Gasteiger partial charge in [-0.1, -0.05) is 0 Å². The molecule has 0 spiro atoms. The van der Waals surface area contributed by atoms with Crippen LogP contribution < -0.4 is 5.32 Å². The van der Waals surface area contributed by atoms with Crippen molar-refractivity contribution in [3.8, 4) is 6.07 Å². The predicted molar refractivity (Wildman–Crippen MR) is 55.7 cm³/mol. The van der Waals surface area contributed by atoms with Crippen LogP contribution in [-0.2, 0) is 0 Å². The summed E-state index contributed by atoms with van der Waals surface area (Å²) in [6.07, 6.45) is 1.43. The Balaban J connectivity index is 2.17. The average Bonchev–Trinajstić information content (AvgIpc) is 2.87. The van der Waals surface area contributed by atoms with E-state index < -0.39 is 0 Å². The third kappa shape index (κ3) is 1.90. The third-order valence-corrected chi connectivity index (χ3v) is 2.59. The Morgan fingerprint density at radius 1 is 1.53 bits per heavy atom.